The number of nitrogens with one attached hydrogen (secondary N) is 1. The Hall–Kier alpha value is -4.05. The second-order valence-corrected chi connectivity index (χ2v) is 7.35. The van der Waals surface area contributed by atoms with Gasteiger partial charge in [-0.15, -0.1) is 0 Å². The summed E-state index contributed by atoms with van der Waals surface area (Å²) in [5, 5.41) is 6.49. The Balaban J connectivity index is 1.64. The molecule has 0 saturated heterocycles. The van der Waals surface area contributed by atoms with Crippen molar-refractivity contribution in [1.82, 2.24) is 9.97 Å². The summed E-state index contributed by atoms with van der Waals surface area (Å²) in [4.78, 5) is 20.7. The summed E-state index contributed by atoms with van der Waals surface area (Å²) in [6.07, 6.45) is 0.864. The van der Waals surface area contributed by atoms with E-state index in [1.165, 1.54) is 5.56 Å². The standard InChI is InChI=1S/C26H19N3O/c1-17-5-4-6-22(13-17)27-26-23-7-2-3-8-24(23)28-25(29-26)21-12-11-19-14-18(16-30)9-10-20(19)15-21/h2-16H,1H3,(H,27,28,29). The molecule has 0 saturated carbocycles. The number of carbonyl (C=O) groups is 1. The molecule has 0 aliphatic heterocycles. The molecule has 0 bridgehead atoms. The lowest BCUT2D eigenvalue weighted by atomic mass is 10.0. The van der Waals surface area contributed by atoms with Gasteiger partial charge in [-0.25, -0.2) is 9.97 Å². The van der Waals surface area contributed by atoms with Crippen LogP contribution in [0.25, 0.3) is 33.1 Å². The van der Waals surface area contributed by atoms with Crippen molar-refractivity contribution in [2.45, 2.75) is 6.92 Å². The van der Waals surface area contributed by atoms with E-state index in [0.717, 1.165) is 45.0 Å². The van der Waals surface area contributed by atoms with Crippen LogP contribution < -0.4 is 5.32 Å². The van der Waals surface area contributed by atoms with Gasteiger partial charge in [-0.3, -0.25) is 4.79 Å². The van der Waals surface area contributed by atoms with Crippen molar-refractivity contribution in [2.24, 2.45) is 0 Å². The van der Waals surface area contributed by atoms with Crippen molar-refractivity contribution in [1.29, 1.82) is 0 Å². The third-order valence-electron chi connectivity index (χ3n) is 5.14. The highest BCUT2D eigenvalue weighted by Crippen LogP contribution is 2.29. The zero-order chi connectivity index (χ0) is 20.5. The Morgan fingerprint density at radius 3 is 2.50 bits per heavy atom. The molecule has 1 heterocycles. The maximum absolute atomic E-state index is 11.0. The quantitative estimate of drug-likeness (QED) is 0.366. The zero-order valence-electron chi connectivity index (χ0n) is 16.5. The Bertz CT molecular complexity index is 1410. The predicted octanol–water partition coefficient (Wildman–Crippen LogP) is 6.31. The molecule has 0 aliphatic rings. The monoisotopic (exact) mass is 389 g/mol. The van der Waals surface area contributed by atoms with Crippen molar-refractivity contribution in [3.63, 3.8) is 0 Å². The van der Waals surface area contributed by atoms with Crippen LogP contribution in [0.1, 0.15) is 15.9 Å². The molecule has 144 valence electrons. The topological polar surface area (TPSA) is 54.9 Å². The first-order valence-corrected chi connectivity index (χ1v) is 9.79. The van der Waals surface area contributed by atoms with Crippen LogP contribution >= 0.6 is 0 Å². The second kappa shape index (κ2) is 7.41. The van der Waals surface area contributed by atoms with Gasteiger partial charge >= 0.3 is 0 Å². The SMILES string of the molecule is Cc1cccc(Nc2nc(-c3ccc4cc(C=O)ccc4c3)nc3ccccc23)c1. The summed E-state index contributed by atoms with van der Waals surface area (Å²) in [7, 11) is 0. The molecule has 5 aromatic rings. The molecule has 5 rings (SSSR count). The molecule has 1 aromatic heterocycles. The number of para-hydroxylation sites is 1. The molecule has 1 N–H and O–H groups in total. The van der Waals surface area contributed by atoms with Gasteiger partial charge in [0.05, 0.1) is 5.52 Å². The molecule has 4 heteroatoms. The van der Waals surface area contributed by atoms with Crippen molar-refractivity contribution < 1.29 is 4.79 Å². The van der Waals surface area contributed by atoms with E-state index in [1.807, 2.05) is 66.7 Å². The third-order valence-corrected chi connectivity index (χ3v) is 5.14. The molecule has 0 unspecified atom stereocenters. The molecule has 30 heavy (non-hydrogen) atoms. The van der Waals surface area contributed by atoms with E-state index in [1.54, 1.807) is 0 Å². The number of hydrogen-bond donors (Lipinski definition) is 1. The number of rotatable bonds is 4. The smallest absolute Gasteiger partial charge is 0.162 e. The minimum atomic E-state index is 0.658. The van der Waals surface area contributed by atoms with E-state index in [0.29, 0.717) is 11.4 Å². The van der Waals surface area contributed by atoms with Crippen LogP contribution in [-0.2, 0) is 0 Å². The Kier molecular flexibility index (Phi) is 4.45. The van der Waals surface area contributed by atoms with Gasteiger partial charge in [0.25, 0.3) is 0 Å². The number of anilines is 2. The largest absolute Gasteiger partial charge is 0.340 e. The van der Waals surface area contributed by atoms with Crippen molar-refractivity contribution >= 4 is 39.5 Å². The van der Waals surface area contributed by atoms with E-state index in [-0.39, 0.29) is 0 Å². The average molecular weight is 389 g/mol. The Labute approximate surface area is 174 Å². The molecular weight excluding hydrogens is 370 g/mol. The van der Waals surface area contributed by atoms with Crippen molar-refractivity contribution in [3.05, 3.63) is 96.1 Å². The lowest BCUT2D eigenvalue weighted by molar-refractivity contribution is 0.112. The first-order valence-electron chi connectivity index (χ1n) is 9.79. The van der Waals surface area contributed by atoms with Crippen molar-refractivity contribution in [3.8, 4) is 11.4 Å². The van der Waals surface area contributed by atoms with E-state index in [4.69, 9.17) is 9.97 Å². The van der Waals surface area contributed by atoms with Crippen LogP contribution in [-0.4, -0.2) is 16.3 Å². The third kappa shape index (κ3) is 3.40. The van der Waals surface area contributed by atoms with Gasteiger partial charge < -0.3 is 5.32 Å². The lowest BCUT2D eigenvalue weighted by Gasteiger charge is -2.12. The number of benzene rings is 4. The maximum Gasteiger partial charge on any atom is 0.162 e. The minimum Gasteiger partial charge on any atom is -0.340 e. The summed E-state index contributed by atoms with van der Waals surface area (Å²) >= 11 is 0. The van der Waals surface area contributed by atoms with Crippen LogP contribution in [0, 0.1) is 6.92 Å². The van der Waals surface area contributed by atoms with Crippen LogP contribution in [0.2, 0.25) is 0 Å². The van der Waals surface area contributed by atoms with Gasteiger partial charge in [-0.1, -0.05) is 48.5 Å². The lowest BCUT2D eigenvalue weighted by Crippen LogP contribution is -1.99. The average Bonchev–Trinajstić information content (AvgIpc) is 2.78. The molecule has 0 fully saturated rings. The molecule has 0 amide bonds. The highest BCUT2D eigenvalue weighted by molar-refractivity contribution is 5.94. The number of hydrogen-bond acceptors (Lipinski definition) is 4. The fraction of sp³-hybridized carbons (Fsp3) is 0.0385. The first-order chi connectivity index (χ1) is 14.7. The first kappa shape index (κ1) is 18.0. The fourth-order valence-corrected chi connectivity index (χ4v) is 3.64. The van der Waals surface area contributed by atoms with Gasteiger partial charge in [0.15, 0.2) is 5.82 Å². The van der Waals surface area contributed by atoms with E-state index in [2.05, 4.69) is 30.4 Å². The molecule has 0 radical (unpaired) electrons. The normalized spacial score (nSPS) is 11.0. The fourth-order valence-electron chi connectivity index (χ4n) is 3.64. The molecule has 0 spiro atoms. The number of fused-ring (bicyclic) bond motifs is 2. The number of carbonyl (C=O) groups excluding carboxylic acids is 1. The number of aryl methyl sites for hydroxylation is 1. The molecule has 0 aliphatic carbocycles. The zero-order valence-corrected chi connectivity index (χ0v) is 16.5. The highest BCUT2D eigenvalue weighted by atomic mass is 16.1. The van der Waals surface area contributed by atoms with Crippen molar-refractivity contribution in [2.75, 3.05) is 5.32 Å². The van der Waals surface area contributed by atoms with E-state index in [9.17, 15) is 4.79 Å². The summed E-state index contributed by atoms with van der Waals surface area (Å²) in [5.74, 6) is 1.43. The Morgan fingerprint density at radius 1 is 0.800 bits per heavy atom. The molecule has 0 atom stereocenters. The van der Waals surface area contributed by atoms with Crippen LogP contribution in [0.15, 0.2) is 84.9 Å². The van der Waals surface area contributed by atoms with Gasteiger partial charge in [0.1, 0.15) is 12.1 Å². The van der Waals surface area contributed by atoms with Crippen LogP contribution in [0.5, 0.6) is 0 Å². The van der Waals surface area contributed by atoms with Gasteiger partial charge in [-0.05, 0) is 59.7 Å². The maximum atomic E-state index is 11.0. The summed E-state index contributed by atoms with van der Waals surface area (Å²) < 4.78 is 0. The number of aromatic nitrogens is 2. The van der Waals surface area contributed by atoms with E-state index < -0.39 is 0 Å². The molecule has 4 aromatic carbocycles. The number of nitrogens with zero attached hydrogens (tertiary/aromatic N) is 2. The van der Waals surface area contributed by atoms with Crippen LogP contribution in [0.4, 0.5) is 11.5 Å². The summed E-state index contributed by atoms with van der Waals surface area (Å²) in [6.45, 7) is 2.07. The Morgan fingerprint density at radius 2 is 1.63 bits per heavy atom. The van der Waals surface area contributed by atoms with E-state index >= 15 is 0 Å². The summed E-state index contributed by atoms with van der Waals surface area (Å²) in [5.41, 5.74) is 4.66. The van der Waals surface area contributed by atoms with Gasteiger partial charge in [0.2, 0.25) is 0 Å². The molecule has 4 nitrogen and oxygen atoms in total. The highest BCUT2D eigenvalue weighted by Gasteiger charge is 2.10. The second-order valence-electron chi connectivity index (χ2n) is 7.35. The van der Waals surface area contributed by atoms with Gasteiger partial charge in [-0.2, -0.15) is 0 Å². The molecular formula is C26H19N3O. The number of aldehydes is 1. The minimum absolute atomic E-state index is 0.658. The van der Waals surface area contributed by atoms with Gasteiger partial charge in [0, 0.05) is 22.2 Å². The predicted molar refractivity (Wildman–Crippen MR) is 122 cm³/mol. The van der Waals surface area contributed by atoms with Crippen LogP contribution in [0.3, 0.4) is 0 Å². The summed E-state index contributed by atoms with van der Waals surface area (Å²) in [6, 6.07) is 28.0.